The third-order valence-electron chi connectivity index (χ3n) is 4.33. The van der Waals surface area contributed by atoms with Gasteiger partial charge in [0.05, 0.1) is 27.1 Å². The lowest BCUT2D eigenvalue weighted by Gasteiger charge is -2.13. The Labute approximate surface area is 169 Å². The smallest absolute Gasteiger partial charge is 0.255 e. The van der Waals surface area contributed by atoms with Crippen molar-refractivity contribution >= 4 is 43.1 Å². The van der Waals surface area contributed by atoms with Gasteiger partial charge in [0.25, 0.3) is 5.91 Å². The van der Waals surface area contributed by atoms with E-state index >= 15 is 0 Å². The average molecular weight is 443 g/mol. The van der Waals surface area contributed by atoms with Gasteiger partial charge in [-0.15, -0.1) is 0 Å². The van der Waals surface area contributed by atoms with Gasteiger partial charge in [0.2, 0.25) is 10.0 Å². The van der Waals surface area contributed by atoms with Crippen LogP contribution >= 0.6 is 11.6 Å². The Morgan fingerprint density at radius 1 is 1.18 bits per heavy atom. The van der Waals surface area contributed by atoms with Crippen LogP contribution in [0.3, 0.4) is 0 Å². The third kappa shape index (κ3) is 4.91. The second-order valence-electron chi connectivity index (χ2n) is 6.69. The van der Waals surface area contributed by atoms with Crippen LogP contribution in [0, 0.1) is 6.92 Å². The monoisotopic (exact) mass is 442 g/mol. The van der Waals surface area contributed by atoms with Crippen molar-refractivity contribution in [3.05, 3.63) is 58.6 Å². The largest absolute Gasteiger partial charge is 0.321 e. The molecule has 10 heteroatoms. The van der Waals surface area contributed by atoms with E-state index in [1.165, 1.54) is 24.3 Å². The molecule has 1 fully saturated rings. The molecule has 0 radical (unpaired) electrons. The Balaban J connectivity index is 1.78. The Kier molecular flexibility index (Phi) is 5.81. The summed E-state index contributed by atoms with van der Waals surface area (Å²) in [6.45, 7) is 1.87. The van der Waals surface area contributed by atoms with Gasteiger partial charge in [0.15, 0.2) is 9.84 Å². The van der Waals surface area contributed by atoms with Crippen LogP contribution in [0.15, 0.2) is 47.4 Å². The molecule has 2 N–H and O–H groups in total. The first-order valence-corrected chi connectivity index (χ1v) is 12.1. The molecule has 0 bridgehead atoms. The van der Waals surface area contributed by atoms with Gasteiger partial charge in [0.1, 0.15) is 0 Å². The minimum absolute atomic E-state index is 0.0417. The number of nitrogens with one attached hydrogen (secondary N) is 2. The summed E-state index contributed by atoms with van der Waals surface area (Å²) in [5.74, 6) is -0.774. The quantitative estimate of drug-likeness (QED) is 0.738. The van der Waals surface area contributed by atoms with Crippen LogP contribution < -0.4 is 10.0 Å². The molecule has 0 aromatic heterocycles. The van der Waals surface area contributed by atoms with Crippen molar-refractivity contribution in [2.75, 3.05) is 16.8 Å². The summed E-state index contributed by atoms with van der Waals surface area (Å²) in [7, 11) is -7.17. The van der Waals surface area contributed by atoms with E-state index < -0.39 is 31.8 Å². The maximum absolute atomic E-state index is 12.6. The van der Waals surface area contributed by atoms with E-state index in [9.17, 15) is 21.6 Å². The maximum Gasteiger partial charge on any atom is 0.255 e. The fourth-order valence-electron chi connectivity index (χ4n) is 2.90. The number of sulfonamides is 1. The molecule has 0 spiro atoms. The predicted octanol–water partition coefficient (Wildman–Crippen LogP) is 2.37. The highest BCUT2D eigenvalue weighted by atomic mass is 35.5. The van der Waals surface area contributed by atoms with Crippen LogP contribution in [0.4, 0.5) is 5.69 Å². The Morgan fingerprint density at radius 2 is 1.93 bits per heavy atom. The van der Waals surface area contributed by atoms with Crippen LogP contribution in [0.2, 0.25) is 5.02 Å². The zero-order valence-corrected chi connectivity index (χ0v) is 17.4. The predicted molar refractivity (Wildman–Crippen MR) is 108 cm³/mol. The molecule has 2 aromatic rings. The normalized spacial score (nSPS) is 18.7. The summed E-state index contributed by atoms with van der Waals surface area (Å²) in [5, 5.41) is 3.03. The molecule has 1 aliphatic rings. The number of carbonyl (C=O) groups is 1. The molecule has 1 saturated heterocycles. The minimum atomic E-state index is -3.96. The number of hydrogen-bond donors (Lipinski definition) is 2. The molecule has 1 heterocycles. The van der Waals surface area contributed by atoms with Gasteiger partial charge >= 0.3 is 0 Å². The third-order valence-corrected chi connectivity index (χ3v) is 7.93. The second kappa shape index (κ2) is 7.82. The van der Waals surface area contributed by atoms with Gasteiger partial charge in [-0.3, -0.25) is 4.79 Å². The molecule has 2 aromatic carbocycles. The molecule has 7 nitrogen and oxygen atoms in total. The number of aryl methyl sites for hydroxylation is 1. The SMILES string of the molecule is Cc1ccc(NC(=O)c2cccc(S(=O)(=O)NC3CCS(=O)(=O)C3)c2)c(Cl)c1. The van der Waals surface area contributed by atoms with Crippen molar-refractivity contribution in [2.45, 2.75) is 24.3 Å². The van der Waals surface area contributed by atoms with E-state index in [0.29, 0.717) is 10.7 Å². The summed E-state index contributed by atoms with van der Waals surface area (Å²) in [4.78, 5) is 12.4. The Hall–Kier alpha value is -1.94. The first-order chi connectivity index (χ1) is 13.1. The van der Waals surface area contributed by atoms with Crippen molar-refractivity contribution < 1.29 is 21.6 Å². The maximum atomic E-state index is 12.6. The summed E-state index contributed by atoms with van der Waals surface area (Å²) in [6.07, 6.45) is 0.230. The van der Waals surface area contributed by atoms with E-state index in [-0.39, 0.29) is 28.4 Å². The molecule has 1 amide bonds. The van der Waals surface area contributed by atoms with Crippen molar-refractivity contribution in [3.8, 4) is 0 Å². The zero-order chi connectivity index (χ0) is 20.5. The van der Waals surface area contributed by atoms with Gasteiger partial charge in [-0.05, 0) is 49.2 Å². The van der Waals surface area contributed by atoms with Crippen LogP contribution in [0.1, 0.15) is 22.3 Å². The number of halogens is 1. The van der Waals surface area contributed by atoms with Crippen LogP contribution in [0.5, 0.6) is 0 Å². The summed E-state index contributed by atoms with van der Waals surface area (Å²) in [5.41, 5.74) is 1.49. The van der Waals surface area contributed by atoms with E-state index in [2.05, 4.69) is 10.0 Å². The van der Waals surface area contributed by atoms with E-state index in [4.69, 9.17) is 11.6 Å². The lowest BCUT2D eigenvalue weighted by Crippen LogP contribution is -2.35. The second-order valence-corrected chi connectivity index (χ2v) is 11.0. The number of rotatable bonds is 5. The molecular weight excluding hydrogens is 424 g/mol. The Bertz CT molecular complexity index is 1130. The van der Waals surface area contributed by atoms with Crippen LogP contribution in [-0.4, -0.2) is 40.3 Å². The number of carbonyl (C=O) groups excluding carboxylic acids is 1. The highest BCUT2D eigenvalue weighted by Gasteiger charge is 2.31. The molecular formula is C18H19ClN2O5S2. The molecule has 150 valence electrons. The Morgan fingerprint density at radius 3 is 2.57 bits per heavy atom. The van der Waals surface area contributed by atoms with Gasteiger partial charge in [-0.1, -0.05) is 23.7 Å². The first-order valence-electron chi connectivity index (χ1n) is 8.46. The van der Waals surface area contributed by atoms with Gasteiger partial charge < -0.3 is 5.32 Å². The van der Waals surface area contributed by atoms with Crippen molar-refractivity contribution in [2.24, 2.45) is 0 Å². The highest BCUT2D eigenvalue weighted by Crippen LogP contribution is 2.24. The molecule has 1 aliphatic heterocycles. The lowest BCUT2D eigenvalue weighted by molar-refractivity contribution is 0.102. The summed E-state index contributed by atoms with van der Waals surface area (Å²) >= 11 is 6.11. The lowest BCUT2D eigenvalue weighted by atomic mass is 10.2. The van der Waals surface area contributed by atoms with Crippen LogP contribution in [-0.2, 0) is 19.9 Å². The fraction of sp³-hybridized carbons (Fsp3) is 0.278. The van der Waals surface area contributed by atoms with E-state index in [1.54, 1.807) is 18.2 Å². The van der Waals surface area contributed by atoms with Gasteiger partial charge in [-0.25, -0.2) is 21.6 Å². The van der Waals surface area contributed by atoms with Gasteiger partial charge in [0, 0.05) is 11.6 Å². The number of amides is 1. The molecule has 0 saturated carbocycles. The molecule has 1 unspecified atom stereocenters. The number of anilines is 1. The molecule has 0 aliphatic carbocycles. The van der Waals surface area contributed by atoms with Crippen molar-refractivity contribution in [1.29, 1.82) is 0 Å². The number of benzene rings is 2. The van der Waals surface area contributed by atoms with Crippen LogP contribution in [0.25, 0.3) is 0 Å². The van der Waals surface area contributed by atoms with E-state index in [0.717, 1.165) is 5.56 Å². The number of hydrogen-bond acceptors (Lipinski definition) is 5. The standard InChI is InChI=1S/C18H19ClN2O5S2/c1-12-5-6-17(16(19)9-12)20-18(22)13-3-2-4-15(10-13)28(25,26)21-14-7-8-27(23,24)11-14/h2-6,9-10,14,21H,7-8,11H2,1H3,(H,20,22). The van der Waals surface area contributed by atoms with Gasteiger partial charge in [-0.2, -0.15) is 0 Å². The average Bonchev–Trinajstić information content (AvgIpc) is 2.95. The topological polar surface area (TPSA) is 109 Å². The van der Waals surface area contributed by atoms with E-state index in [1.807, 2.05) is 6.92 Å². The highest BCUT2D eigenvalue weighted by molar-refractivity contribution is 7.92. The fourth-order valence-corrected chi connectivity index (χ4v) is 6.27. The summed E-state index contributed by atoms with van der Waals surface area (Å²) in [6, 6.07) is 10.0. The van der Waals surface area contributed by atoms with Crippen molar-refractivity contribution in [3.63, 3.8) is 0 Å². The first kappa shape index (κ1) is 20.8. The zero-order valence-electron chi connectivity index (χ0n) is 15.0. The van der Waals surface area contributed by atoms with Crippen molar-refractivity contribution in [1.82, 2.24) is 4.72 Å². The molecule has 28 heavy (non-hydrogen) atoms. The summed E-state index contributed by atoms with van der Waals surface area (Å²) < 4.78 is 50.6. The molecule has 3 rings (SSSR count). The minimum Gasteiger partial charge on any atom is -0.321 e. The number of sulfone groups is 1. The molecule has 1 atom stereocenters.